The number of hydrogen-bond acceptors (Lipinski definition) is 4. The molecule has 114 valence electrons. The molecule has 2 aliphatic rings. The molecule has 0 N–H and O–H groups in total. The van der Waals surface area contributed by atoms with Gasteiger partial charge in [-0.05, 0) is 43.4 Å². The highest BCUT2D eigenvalue weighted by atomic mass is 16.7. The maximum absolute atomic E-state index is 12.7. The molecule has 0 amide bonds. The van der Waals surface area contributed by atoms with E-state index in [0.29, 0.717) is 17.9 Å². The molecule has 1 aliphatic carbocycles. The van der Waals surface area contributed by atoms with Gasteiger partial charge in [0.15, 0.2) is 17.3 Å². The lowest BCUT2D eigenvalue weighted by Crippen LogP contribution is -2.09. The van der Waals surface area contributed by atoms with Gasteiger partial charge in [-0.1, -0.05) is 6.07 Å². The minimum absolute atomic E-state index is 0.0811. The second kappa shape index (κ2) is 5.16. The first-order valence-corrected chi connectivity index (χ1v) is 7.69. The molecule has 1 aliphatic heterocycles. The summed E-state index contributed by atoms with van der Waals surface area (Å²) in [6.45, 7) is 0.250. The van der Waals surface area contributed by atoms with Crippen LogP contribution in [0.15, 0.2) is 18.2 Å². The van der Waals surface area contributed by atoms with Crippen molar-refractivity contribution in [2.75, 3.05) is 6.79 Å². The first-order chi connectivity index (χ1) is 10.7. The predicted molar refractivity (Wildman–Crippen MR) is 80.4 cm³/mol. The van der Waals surface area contributed by atoms with Crippen molar-refractivity contribution < 1.29 is 14.3 Å². The van der Waals surface area contributed by atoms with Crippen LogP contribution in [0.1, 0.15) is 40.2 Å². The van der Waals surface area contributed by atoms with E-state index in [1.54, 1.807) is 0 Å². The fraction of sp³-hybridized carbons (Fsp3) is 0.412. The van der Waals surface area contributed by atoms with E-state index in [0.717, 1.165) is 36.1 Å². The van der Waals surface area contributed by atoms with Gasteiger partial charge >= 0.3 is 0 Å². The molecule has 1 aromatic heterocycles. The average molecular weight is 298 g/mol. The summed E-state index contributed by atoms with van der Waals surface area (Å²) in [5, 5.41) is 4.47. The number of benzene rings is 1. The van der Waals surface area contributed by atoms with Gasteiger partial charge in [-0.2, -0.15) is 5.10 Å². The van der Waals surface area contributed by atoms with Crippen LogP contribution in [0.5, 0.6) is 11.5 Å². The summed E-state index contributed by atoms with van der Waals surface area (Å²) in [5.74, 6) is 1.54. The second-order valence-electron chi connectivity index (χ2n) is 5.89. The number of aryl methyl sites for hydroxylation is 1. The standard InChI is InChI=1S/C17H18N2O3/c1-19-13-5-3-2-4-12(13)17(18-19)14(20)8-11-6-7-15-16(9-11)22-10-21-15/h6-7,9H,2-5,8,10H2,1H3. The summed E-state index contributed by atoms with van der Waals surface area (Å²) < 4.78 is 12.5. The largest absolute Gasteiger partial charge is 0.454 e. The number of nitrogens with zero attached hydrogens (tertiary/aromatic N) is 2. The lowest BCUT2D eigenvalue weighted by atomic mass is 9.93. The van der Waals surface area contributed by atoms with E-state index in [-0.39, 0.29) is 12.6 Å². The van der Waals surface area contributed by atoms with Crippen LogP contribution in [0.3, 0.4) is 0 Å². The molecule has 1 aromatic carbocycles. The van der Waals surface area contributed by atoms with Crippen molar-refractivity contribution in [3.63, 3.8) is 0 Å². The molecule has 5 heteroatoms. The SMILES string of the molecule is Cn1nc(C(=O)Cc2ccc3c(c2)OCO3)c2c1CCCC2. The molecule has 2 heterocycles. The molecular formula is C17H18N2O3. The Balaban J connectivity index is 1.60. The molecule has 0 atom stereocenters. The van der Waals surface area contributed by atoms with Gasteiger partial charge in [-0.25, -0.2) is 0 Å². The van der Waals surface area contributed by atoms with Crippen molar-refractivity contribution in [2.45, 2.75) is 32.1 Å². The highest BCUT2D eigenvalue weighted by molar-refractivity contribution is 5.97. The van der Waals surface area contributed by atoms with Crippen LogP contribution < -0.4 is 9.47 Å². The van der Waals surface area contributed by atoms with Crippen molar-refractivity contribution in [3.8, 4) is 11.5 Å². The van der Waals surface area contributed by atoms with Crippen molar-refractivity contribution in [3.05, 3.63) is 40.7 Å². The normalized spacial score (nSPS) is 15.7. The van der Waals surface area contributed by atoms with Crippen LogP contribution in [0.4, 0.5) is 0 Å². The Morgan fingerprint density at radius 1 is 1.23 bits per heavy atom. The Labute approximate surface area is 128 Å². The van der Waals surface area contributed by atoms with Crippen LogP contribution in [0.25, 0.3) is 0 Å². The van der Waals surface area contributed by atoms with Crippen molar-refractivity contribution in [1.82, 2.24) is 9.78 Å². The van der Waals surface area contributed by atoms with Gasteiger partial charge in [-0.3, -0.25) is 9.48 Å². The summed E-state index contributed by atoms with van der Waals surface area (Å²) in [5.41, 5.74) is 3.96. The van der Waals surface area contributed by atoms with Gasteiger partial charge in [0.05, 0.1) is 0 Å². The molecule has 22 heavy (non-hydrogen) atoms. The van der Waals surface area contributed by atoms with Gasteiger partial charge in [0, 0.05) is 24.7 Å². The Morgan fingerprint density at radius 2 is 2.05 bits per heavy atom. The number of fused-ring (bicyclic) bond motifs is 2. The molecule has 0 radical (unpaired) electrons. The van der Waals surface area contributed by atoms with E-state index in [9.17, 15) is 4.79 Å². The van der Waals surface area contributed by atoms with Crippen molar-refractivity contribution >= 4 is 5.78 Å². The molecule has 0 saturated carbocycles. The highest BCUT2D eigenvalue weighted by Gasteiger charge is 2.24. The highest BCUT2D eigenvalue weighted by Crippen LogP contribution is 2.33. The molecule has 0 fully saturated rings. The third kappa shape index (κ3) is 2.17. The number of carbonyl (C=O) groups is 1. The van der Waals surface area contributed by atoms with E-state index >= 15 is 0 Å². The summed E-state index contributed by atoms with van der Waals surface area (Å²) in [4.78, 5) is 12.7. The van der Waals surface area contributed by atoms with Crippen LogP contribution >= 0.6 is 0 Å². The van der Waals surface area contributed by atoms with E-state index in [4.69, 9.17) is 9.47 Å². The molecule has 2 aromatic rings. The quantitative estimate of drug-likeness (QED) is 0.817. The maximum Gasteiger partial charge on any atom is 0.231 e. The zero-order valence-electron chi connectivity index (χ0n) is 12.6. The monoisotopic (exact) mass is 298 g/mol. The van der Waals surface area contributed by atoms with E-state index in [1.165, 1.54) is 12.1 Å². The van der Waals surface area contributed by atoms with Crippen molar-refractivity contribution in [1.29, 1.82) is 0 Å². The minimum atomic E-state index is 0.0811. The second-order valence-corrected chi connectivity index (χ2v) is 5.89. The lowest BCUT2D eigenvalue weighted by molar-refractivity contribution is 0.0986. The molecule has 0 bridgehead atoms. The van der Waals surface area contributed by atoms with Crippen LogP contribution in [0, 0.1) is 0 Å². The first-order valence-electron chi connectivity index (χ1n) is 7.69. The smallest absolute Gasteiger partial charge is 0.231 e. The first kappa shape index (κ1) is 13.4. The lowest BCUT2D eigenvalue weighted by Gasteiger charge is -2.12. The third-order valence-electron chi connectivity index (χ3n) is 4.43. The summed E-state index contributed by atoms with van der Waals surface area (Å²) in [6, 6.07) is 5.66. The van der Waals surface area contributed by atoms with Gasteiger partial charge in [-0.15, -0.1) is 0 Å². The fourth-order valence-corrected chi connectivity index (χ4v) is 3.32. The molecule has 0 unspecified atom stereocenters. The van der Waals surface area contributed by atoms with Crippen LogP contribution in [-0.2, 0) is 26.3 Å². The molecule has 0 saturated heterocycles. The molecule has 5 nitrogen and oxygen atoms in total. The number of aromatic nitrogens is 2. The molecule has 4 rings (SSSR count). The summed E-state index contributed by atoms with van der Waals surface area (Å²) in [7, 11) is 1.93. The Hall–Kier alpha value is -2.30. The van der Waals surface area contributed by atoms with Gasteiger partial charge in [0.25, 0.3) is 0 Å². The van der Waals surface area contributed by atoms with Gasteiger partial charge in [0.1, 0.15) is 5.69 Å². The molecular weight excluding hydrogens is 280 g/mol. The third-order valence-corrected chi connectivity index (χ3v) is 4.43. The maximum atomic E-state index is 12.7. The van der Waals surface area contributed by atoms with Gasteiger partial charge < -0.3 is 9.47 Å². The molecule has 0 spiro atoms. The number of ether oxygens (including phenoxy) is 2. The minimum Gasteiger partial charge on any atom is -0.454 e. The number of carbonyl (C=O) groups excluding carboxylic acids is 1. The zero-order chi connectivity index (χ0) is 15.1. The summed E-state index contributed by atoms with van der Waals surface area (Å²) >= 11 is 0. The van der Waals surface area contributed by atoms with Crippen LogP contribution in [-0.4, -0.2) is 22.4 Å². The van der Waals surface area contributed by atoms with Crippen LogP contribution in [0.2, 0.25) is 0 Å². The van der Waals surface area contributed by atoms with E-state index < -0.39 is 0 Å². The zero-order valence-corrected chi connectivity index (χ0v) is 12.6. The average Bonchev–Trinajstić information content (AvgIpc) is 3.12. The van der Waals surface area contributed by atoms with E-state index in [2.05, 4.69) is 5.10 Å². The van der Waals surface area contributed by atoms with Crippen molar-refractivity contribution in [2.24, 2.45) is 7.05 Å². The Morgan fingerprint density at radius 3 is 2.95 bits per heavy atom. The predicted octanol–water partition coefficient (Wildman–Crippen LogP) is 2.45. The fourth-order valence-electron chi connectivity index (χ4n) is 3.32. The van der Waals surface area contributed by atoms with E-state index in [1.807, 2.05) is 29.9 Å². The topological polar surface area (TPSA) is 53.4 Å². The number of rotatable bonds is 3. The van der Waals surface area contributed by atoms with Gasteiger partial charge in [0.2, 0.25) is 6.79 Å². The Bertz CT molecular complexity index is 749. The number of Topliss-reactive ketones (excluding diaryl/α,β-unsaturated/α-hetero) is 1. The Kier molecular flexibility index (Phi) is 3.13. The number of ketones is 1. The summed E-state index contributed by atoms with van der Waals surface area (Å²) in [6.07, 6.45) is 4.66. The number of hydrogen-bond donors (Lipinski definition) is 0.